The second-order valence-electron chi connectivity index (χ2n) is 10.4. The van der Waals surface area contributed by atoms with Gasteiger partial charge in [0.2, 0.25) is 11.8 Å². The summed E-state index contributed by atoms with van der Waals surface area (Å²) in [6, 6.07) is 10.2. The number of anilines is 1. The van der Waals surface area contributed by atoms with Crippen LogP contribution < -0.4 is 10.6 Å². The first-order valence-electron chi connectivity index (χ1n) is 12.1. The number of hydrogen-bond acceptors (Lipinski definition) is 3. The number of hydrogen-bond donors (Lipinski definition) is 3. The van der Waals surface area contributed by atoms with Gasteiger partial charge in [-0.2, -0.15) is 0 Å². The van der Waals surface area contributed by atoms with E-state index in [9.17, 15) is 18.8 Å². The Kier molecular flexibility index (Phi) is 6.41. The Hall–Kier alpha value is -3.54. The number of alkyl halides is 1. The fraction of sp³-hybridized carbons (Fsp3) is 0.321. The second kappa shape index (κ2) is 9.33. The van der Waals surface area contributed by atoms with Gasteiger partial charge in [-0.3, -0.25) is 14.4 Å². The van der Waals surface area contributed by atoms with Gasteiger partial charge >= 0.3 is 0 Å². The highest BCUT2D eigenvalue weighted by molar-refractivity contribution is 6.45. The molecule has 3 atom stereocenters. The molecule has 1 saturated heterocycles. The Bertz CT molecular complexity index is 1520. The normalized spacial score (nSPS) is 21.3. The fourth-order valence-electron chi connectivity index (χ4n) is 5.40. The van der Waals surface area contributed by atoms with E-state index >= 15 is 0 Å². The van der Waals surface area contributed by atoms with E-state index in [1.54, 1.807) is 24.3 Å². The van der Waals surface area contributed by atoms with E-state index in [1.807, 2.05) is 18.2 Å². The molecule has 5 rings (SSSR count). The number of aromatic nitrogens is 1. The summed E-state index contributed by atoms with van der Waals surface area (Å²) >= 11 is 12.3. The Morgan fingerprint density at radius 1 is 1.29 bits per heavy atom. The molecule has 3 heterocycles. The summed E-state index contributed by atoms with van der Waals surface area (Å²) in [5, 5.41) is 6.78. The number of nitrogens with one attached hydrogen (secondary N) is 3. The molecule has 2 aliphatic heterocycles. The minimum atomic E-state index is -1.79. The maximum absolute atomic E-state index is 14.9. The lowest BCUT2D eigenvalue weighted by Gasteiger charge is -2.30. The number of benzene rings is 2. The van der Waals surface area contributed by atoms with E-state index in [0.717, 1.165) is 5.56 Å². The monoisotopic (exact) mass is 554 g/mol. The van der Waals surface area contributed by atoms with Crippen LogP contribution in [0.4, 0.5) is 10.1 Å². The van der Waals surface area contributed by atoms with Crippen LogP contribution in [0.3, 0.4) is 0 Å². The van der Waals surface area contributed by atoms with E-state index in [0.29, 0.717) is 21.6 Å². The van der Waals surface area contributed by atoms with Crippen molar-refractivity contribution >= 4 is 57.5 Å². The highest BCUT2D eigenvalue weighted by Gasteiger charge is 2.56. The van der Waals surface area contributed by atoms with Crippen LogP contribution in [0, 0.1) is 12.3 Å². The van der Waals surface area contributed by atoms with Crippen LogP contribution >= 0.6 is 23.2 Å². The lowest BCUT2D eigenvalue weighted by Crippen LogP contribution is -2.52. The molecule has 2 aliphatic rings. The second-order valence-corrected chi connectivity index (χ2v) is 11.2. The number of nitrogens with zero attached hydrogens (tertiary/aromatic N) is 1. The third-order valence-electron chi connectivity index (χ3n) is 7.18. The van der Waals surface area contributed by atoms with Gasteiger partial charge in [0.05, 0.1) is 27.0 Å². The molecule has 0 radical (unpaired) electrons. The standard InChI is InChI=1S/C28H25Cl2FN4O3/c1-4-16-12-28(17-7-5-6-8-19(17)34-26(28)38)14-35(16)25(37)21(13-27(2,3)31)33-24(36)20-11-15-9-10-18(29)22(30)23(15)32-20/h1,5-11,16,21,32H,12-14H2,2-3H3,(H,33,36)(H,34,38)/t16-,21+,28+/m1/s1. The summed E-state index contributed by atoms with van der Waals surface area (Å²) in [5.41, 5.74) is -0.760. The van der Waals surface area contributed by atoms with Crippen LogP contribution in [0.2, 0.25) is 10.0 Å². The van der Waals surface area contributed by atoms with Gasteiger partial charge in [-0.05, 0) is 44.0 Å². The zero-order chi connectivity index (χ0) is 27.4. The molecule has 1 aromatic heterocycles. The van der Waals surface area contributed by atoms with Crippen molar-refractivity contribution in [3.05, 3.63) is 63.8 Å². The molecule has 3 amide bonds. The number of terminal acetylenes is 1. The van der Waals surface area contributed by atoms with Crippen LogP contribution in [0.5, 0.6) is 0 Å². The highest BCUT2D eigenvalue weighted by Crippen LogP contribution is 2.46. The van der Waals surface area contributed by atoms with Crippen molar-refractivity contribution in [3.8, 4) is 12.3 Å². The number of H-pyrrole nitrogens is 1. The van der Waals surface area contributed by atoms with E-state index < -0.39 is 35.0 Å². The van der Waals surface area contributed by atoms with E-state index in [2.05, 4.69) is 21.5 Å². The molecule has 0 bridgehead atoms. The van der Waals surface area contributed by atoms with Crippen LogP contribution in [0.15, 0.2) is 42.5 Å². The minimum absolute atomic E-state index is 0.0170. The number of rotatable bonds is 5. The van der Waals surface area contributed by atoms with Crippen molar-refractivity contribution in [1.29, 1.82) is 0 Å². The molecule has 0 unspecified atom stereocenters. The number of fused-ring (bicyclic) bond motifs is 3. The van der Waals surface area contributed by atoms with Crippen molar-refractivity contribution in [2.24, 2.45) is 0 Å². The van der Waals surface area contributed by atoms with E-state index in [1.165, 1.54) is 18.7 Å². The Labute approximate surface area is 229 Å². The molecule has 2 aromatic carbocycles. The van der Waals surface area contributed by atoms with E-state index in [4.69, 9.17) is 29.6 Å². The van der Waals surface area contributed by atoms with Crippen molar-refractivity contribution in [2.75, 3.05) is 11.9 Å². The van der Waals surface area contributed by atoms with Gasteiger partial charge in [0, 0.05) is 24.0 Å². The summed E-state index contributed by atoms with van der Waals surface area (Å²) in [6.07, 6.45) is 5.73. The summed E-state index contributed by atoms with van der Waals surface area (Å²) < 4.78 is 14.9. The molecule has 1 spiro atoms. The van der Waals surface area contributed by atoms with Crippen LogP contribution in [0.25, 0.3) is 10.9 Å². The zero-order valence-corrected chi connectivity index (χ0v) is 22.2. The molecule has 3 N–H and O–H groups in total. The predicted molar refractivity (Wildman–Crippen MR) is 145 cm³/mol. The van der Waals surface area contributed by atoms with Gasteiger partial charge in [0.25, 0.3) is 5.91 Å². The number of carbonyl (C=O) groups excluding carboxylic acids is 3. The zero-order valence-electron chi connectivity index (χ0n) is 20.7. The van der Waals surface area contributed by atoms with E-state index in [-0.39, 0.29) is 36.0 Å². The molecule has 0 saturated carbocycles. The number of aromatic amines is 1. The van der Waals surface area contributed by atoms with Gasteiger partial charge < -0.3 is 20.5 Å². The van der Waals surface area contributed by atoms with Crippen molar-refractivity contribution < 1.29 is 18.8 Å². The Morgan fingerprint density at radius 2 is 2.03 bits per heavy atom. The number of halogens is 3. The third kappa shape index (κ3) is 4.40. The molecule has 0 aliphatic carbocycles. The third-order valence-corrected chi connectivity index (χ3v) is 7.99. The number of para-hydroxylation sites is 1. The molecule has 10 heteroatoms. The smallest absolute Gasteiger partial charge is 0.268 e. The maximum Gasteiger partial charge on any atom is 0.268 e. The lowest BCUT2D eigenvalue weighted by atomic mass is 9.79. The van der Waals surface area contributed by atoms with Crippen LogP contribution in [-0.4, -0.2) is 51.9 Å². The molecule has 7 nitrogen and oxygen atoms in total. The molecular formula is C28H25Cl2FN4O3. The average molecular weight is 555 g/mol. The lowest BCUT2D eigenvalue weighted by molar-refractivity contribution is -0.134. The summed E-state index contributed by atoms with van der Waals surface area (Å²) in [7, 11) is 0. The van der Waals surface area contributed by atoms with Gasteiger partial charge in [-0.1, -0.05) is 53.4 Å². The predicted octanol–water partition coefficient (Wildman–Crippen LogP) is 4.84. The van der Waals surface area contributed by atoms with Crippen LogP contribution in [-0.2, 0) is 15.0 Å². The van der Waals surface area contributed by atoms with Gasteiger partial charge in [0.15, 0.2) is 0 Å². The SMILES string of the molecule is C#C[C@@H]1C[C@@]2(CN1C(=O)[C@H](CC(C)(C)F)NC(=O)c1cc3ccc(Cl)c(Cl)c3[nH]1)C(=O)Nc1ccccc12. The minimum Gasteiger partial charge on any atom is -0.349 e. The first-order valence-corrected chi connectivity index (χ1v) is 12.8. The number of likely N-dealkylation sites (tertiary alicyclic amines) is 1. The molecular weight excluding hydrogens is 530 g/mol. The molecule has 1 fully saturated rings. The molecule has 3 aromatic rings. The van der Waals surface area contributed by atoms with Gasteiger partial charge in [0.1, 0.15) is 17.4 Å². The van der Waals surface area contributed by atoms with Crippen LogP contribution in [0.1, 0.15) is 42.7 Å². The number of carbonyl (C=O) groups is 3. The van der Waals surface area contributed by atoms with Crippen molar-refractivity contribution in [1.82, 2.24) is 15.2 Å². The van der Waals surface area contributed by atoms with Gasteiger partial charge in [-0.25, -0.2) is 4.39 Å². The fourth-order valence-corrected chi connectivity index (χ4v) is 5.78. The van der Waals surface area contributed by atoms with Gasteiger partial charge in [-0.15, -0.1) is 6.42 Å². The summed E-state index contributed by atoms with van der Waals surface area (Å²) in [5.74, 6) is 1.20. The molecule has 38 heavy (non-hydrogen) atoms. The summed E-state index contributed by atoms with van der Waals surface area (Å²) in [6.45, 7) is 2.67. The number of amides is 3. The quantitative estimate of drug-likeness (QED) is 0.394. The first-order chi connectivity index (χ1) is 17.9. The topological polar surface area (TPSA) is 94.3 Å². The summed E-state index contributed by atoms with van der Waals surface area (Å²) in [4.78, 5) is 44.5. The maximum atomic E-state index is 14.9. The average Bonchev–Trinajstić information content (AvgIpc) is 3.55. The van der Waals surface area contributed by atoms with Crippen molar-refractivity contribution in [2.45, 2.75) is 49.9 Å². The Morgan fingerprint density at radius 3 is 2.74 bits per heavy atom. The first kappa shape index (κ1) is 26.1. The van der Waals surface area contributed by atoms with Crippen molar-refractivity contribution in [3.63, 3.8) is 0 Å². The highest BCUT2D eigenvalue weighted by atomic mass is 35.5. The largest absolute Gasteiger partial charge is 0.349 e. The Balaban J connectivity index is 1.45. The molecule has 196 valence electrons.